The molecule has 3 N–H and O–H groups in total. The Morgan fingerprint density at radius 2 is 1.95 bits per heavy atom. The van der Waals surface area contributed by atoms with Crippen LogP contribution < -0.4 is 15.4 Å². The summed E-state index contributed by atoms with van der Waals surface area (Å²) in [4.78, 5) is 14.2. The van der Waals surface area contributed by atoms with Crippen LogP contribution >= 0.6 is 0 Å². The van der Waals surface area contributed by atoms with Gasteiger partial charge in [-0.1, -0.05) is 30.3 Å². The van der Waals surface area contributed by atoms with E-state index in [4.69, 9.17) is 10.5 Å². The molecule has 5 heteroatoms. The van der Waals surface area contributed by atoms with Gasteiger partial charge in [-0.2, -0.15) is 0 Å². The van der Waals surface area contributed by atoms with E-state index in [1.165, 1.54) is 4.90 Å². The number of nitrogens with zero attached hydrogens (tertiary/aromatic N) is 1. The zero-order valence-electron chi connectivity index (χ0n) is 11.4. The van der Waals surface area contributed by atoms with Crippen molar-refractivity contribution in [2.75, 3.05) is 23.8 Å². The average Bonchev–Trinajstić information content (AvgIpc) is 2.51. The Hall–Kier alpha value is -2.53. The number of carbonyl (C=O) groups is 1. The molecule has 1 aliphatic rings. The molecular formula is C16H16N2O3. The van der Waals surface area contributed by atoms with Crippen molar-refractivity contribution in [3.63, 3.8) is 0 Å². The second kappa shape index (κ2) is 5.46. The molecule has 0 radical (unpaired) electrons. The summed E-state index contributed by atoms with van der Waals surface area (Å²) in [6.45, 7) is 0.111. The van der Waals surface area contributed by atoms with E-state index in [0.29, 0.717) is 17.1 Å². The summed E-state index contributed by atoms with van der Waals surface area (Å²) < 4.78 is 5.83. The number of β-amino-alcohol motifs (C(OH)–C–C–N with tert-alkyl or cyclic N) is 1. The van der Waals surface area contributed by atoms with Crippen molar-refractivity contribution >= 4 is 17.3 Å². The maximum absolute atomic E-state index is 12.6. The van der Waals surface area contributed by atoms with Crippen LogP contribution in [-0.4, -0.2) is 24.2 Å². The van der Waals surface area contributed by atoms with Crippen LogP contribution in [0.3, 0.4) is 0 Å². The lowest BCUT2D eigenvalue weighted by Crippen LogP contribution is -2.42. The molecular weight excluding hydrogens is 268 g/mol. The molecule has 0 saturated carbocycles. The van der Waals surface area contributed by atoms with Crippen molar-refractivity contribution < 1.29 is 14.6 Å². The van der Waals surface area contributed by atoms with Gasteiger partial charge in [0.15, 0.2) is 0 Å². The Bertz CT molecular complexity index is 658. The Morgan fingerprint density at radius 3 is 2.67 bits per heavy atom. The molecule has 1 aliphatic heterocycles. The first-order valence-electron chi connectivity index (χ1n) is 6.74. The van der Waals surface area contributed by atoms with Crippen LogP contribution in [0.4, 0.5) is 11.4 Å². The Kier molecular flexibility index (Phi) is 3.50. The third-order valence-electron chi connectivity index (χ3n) is 3.44. The maximum Gasteiger partial charge on any atom is 0.272 e. The highest BCUT2D eigenvalue weighted by atomic mass is 16.5. The number of benzene rings is 2. The van der Waals surface area contributed by atoms with E-state index in [0.717, 1.165) is 5.56 Å². The molecule has 0 aromatic heterocycles. The van der Waals surface area contributed by atoms with Crippen LogP contribution in [0.5, 0.6) is 5.75 Å². The van der Waals surface area contributed by atoms with Gasteiger partial charge in [-0.25, -0.2) is 0 Å². The number of ether oxygens (including phenoxy) is 1. The first-order valence-corrected chi connectivity index (χ1v) is 6.74. The number of anilines is 2. The lowest BCUT2D eigenvalue weighted by molar-refractivity contribution is -0.126. The first-order chi connectivity index (χ1) is 10.2. The predicted molar refractivity (Wildman–Crippen MR) is 80.1 cm³/mol. The number of hydrogen-bond donors (Lipinski definition) is 2. The molecule has 0 fully saturated rings. The van der Waals surface area contributed by atoms with Crippen LogP contribution in [0.15, 0.2) is 48.5 Å². The van der Waals surface area contributed by atoms with Crippen LogP contribution in [0, 0.1) is 0 Å². The van der Waals surface area contributed by atoms with Crippen LogP contribution in [0.2, 0.25) is 0 Å². The van der Waals surface area contributed by atoms with E-state index in [-0.39, 0.29) is 19.1 Å². The van der Waals surface area contributed by atoms with E-state index < -0.39 is 6.10 Å². The van der Waals surface area contributed by atoms with E-state index in [2.05, 4.69) is 0 Å². The molecule has 5 nitrogen and oxygen atoms in total. The summed E-state index contributed by atoms with van der Waals surface area (Å²) >= 11 is 0. The standard InChI is InChI=1S/C16H16N2O3/c17-12-6-7-13-14(10-12)21-15(11-4-2-1-3-5-11)16(20)18(13)8-9-19/h1-7,10,15,19H,8-9,17H2. The van der Waals surface area contributed by atoms with Crippen LogP contribution in [-0.2, 0) is 4.79 Å². The fraction of sp³-hybridized carbons (Fsp3) is 0.188. The smallest absolute Gasteiger partial charge is 0.272 e. The molecule has 2 aromatic carbocycles. The van der Waals surface area contributed by atoms with Gasteiger partial charge in [-0.05, 0) is 12.1 Å². The Labute approximate surface area is 122 Å². The zero-order chi connectivity index (χ0) is 14.8. The molecule has 1 amide bonds. The maximum atomic E-state index is 12.6. The molecule has 0 saturated heterocycles. The van der Waals surface area contributed by atoms with Crippen LogP contribution in [0.25, 0.3) is 0 Å². The zero-order valence-corrected chi connectivity index (χ0v) is 11.4. The van der Waals surface area contributed by atoms with E-state index in [1.807, 2.05) is 30.3 Å². The molecule has 21 heavy (non-hydrogen) atoms. The summed E-state index contributed by atoms with van der Waals surface area (Å²) in [5.74, 6) is 0.365. The van der Waals surface area contributed by atoms with Gasteiger partial charge in [0.1, 0.15) is 5.75 Å². The number of nitrogen functional groups attached to an aromatic ring is 1. The average molecular weight is 284 g/mol. The number of hydrogen-bond acceptors (Lipinski definition) is 4. The van der Waals surface area contributed by atoms with Gasteiger partial charge in [0.2, 0.25) is 6.10 Å². The largest absolute Gasteiger partial charge is 0.474 e. The first kappa shape index (κ1) is 13.5. The second-order valence-corrected chi connectivity index (χ2v) is 4.85. The monoisotopic (exact) mass is 284 g/mol. The highest BCUT2D eigenvalue weighted by Crippen LogP contribution is 2.39. The minimum Gasteiger partial charge on any atom is -0.474 e. The number of fused-ring (bicyclic) bond motifs is 1. The number of amides is 1. The molecule has 1 unspecified atom stereocenters. The van der Waals surface area contributed by atoms with Gasteiger partial charge in [-0.15, -0.1) is 0 Å². The summed E-state index contributed by atoms with van der Waals surface area (Å²) in [7, 11) is 0. The van der Waals surface area contributed by atoms with Crippen molar-refractivity contribution in [3.8, 4) is 5.75 Å². The quantitative estimate of drug-likeness (QED) is 0.842. The van der Waals surface area contributed by atoms with Crippen molar-refractivity contribution in [2.45, 2.75) is 6.10 Å². The minimum absolute atomic E-state index is 0.114. The second-order valence-electron chi connectivity index (χ2n) is 4.85. The van der Waals surface area contributed by atoms with Gasteiger partial charge in [0.25, 0.3) is 5.91 Å². The summed E-state index contributed by atoms with van der Waals surface area (Å²) in [5.41, 5.74) is 7.77. The normalized spacial score (nSPS) is 17.3. The van der Waals surface area contributed by atoms with E-state index >= 15 is 0 Å². The van der Waals surface area contributed by atoms with Gasteiger partial charge < -0.3 is 20.5 Å². The van der Waals surface area contributed by atoms with Gasteiger partial charge in [0, 0.05) is 23.9 Å². The van der Waals surface area contributed by atoms with Crippen molar-refractivity contribution in [1.29, 1.82) is 0 Å². The molecule has 0 spiro atoms. The van der Waals surface area contributed by atoms with Gasteiger partial charge in [0.05, 0.1) is 12.3 Å². The number of rotatable bonds is 3. The molecule has 0 bridgehead atoms. The van der Waals surface area contributed by atoms with E-state index in [9.17, 15) is 9.90 Å². The minimum atomic E-state index is -0.716. The van der Waals surface area contributed by atoms with Crippen molar-refractivity contribution in [3.05, 3.63) is 54.1 Å². The molecule has 1 heterocycles. The lowest BCUT2D eigenvalue weighted by Gasteiger charge is -2.34. The third kappa shape index (κ3) is 2.43. The fourth-order valence-corrected chi connectivity index (χ4v) is 2.45. The van der Waals surface area contributed by atoms with Crippen molar-refractivity contribution in [2.24, 2.45) is 0 Å². The van der Waals surface area contributed by atoms with Crippen LogP contribution in [0.1, 0.15) is 11.7 Å². The highest BCUT2D eigenvalue weighted by molar-refractivity contribution is 6.00. The summed E-state index contributed by atoms with van der Waals surface area (Å²) in [5, 5.41) is 9.21. The Morgan fingerprint density at radius 1 is 1.19 bits per heavy atom. The molecule has 1 atom stereocenters. The molecule has 2 aromatic rings. The number of aliphatic hydroxyl groups is 1. The lowest BCUT2D eigenvalue weighted by atomic mass is 10.1. The molecule has 108 valence electrons. The van der Waals surface area contributed by atoms with Gasteiger partial charge in [-0.3, -0.25) is 4.79 Å². The number of aliphatic hydroxyl groups excluding tert-OH is 1. The van der Waals surface area contributed by atoms with Gasteiger partial charge >= 0.3 is 0 Å². The third-order valence-corrected chi connectivity index (χ3v) is 3.44. The Balaban J connectivity index is 2.05. The fourth-order valence-electron chi connectivity index (χ4n) is 2.45. The number of carbonyl (C=O) groups excluding carboxylic acids is 1. The molecule has 0 aliphatic carbocycles. The SMILES string of the molecule is Nc1ccc2c(c1)OC(c1ccccc1)C(=O)N2CCO. The predicted octanol–water partition coefficient (Wildman–Crippen LogP) is 1.73. The summed E-state index contributed by atoms with van der Waals surface area (Å²) in [6, 6.07) is 14.4. The summed E-state index contributed by atoms with van der Waals surface area (Å²) in [6.07, 6.45) is -0.716. The van der Waals surface area contributed by atoms with Crippen molar-refractivity contribution in [1.82, 2.24) is 0 Å². The highest BCUT2D eigenvalue weighted by Gasteiger charge is 2.35. The molecule has 3 rings (SSSR count). The van der Waals surface area contributed by atoms with E-state index in [1.54, 1.807) is 18.2 Å². The topological polar surface area (TPSA) is 75.8 Å². The number of nitrogens with two attached hydrogens (primary N) is 1.